The van der Waals surface area contributed by atoms with Crippen LogP contribution in [-0.4, -0.2) is 36.0 Å². The molecule has 3 N–H and O–H groups in total. The third kappa shape index (κ3) is 3.47. The Morgan fingerprint density at radius 3 is 3.00 bits per heavy atom. The van der Waals surface area contributed by atoms with E-state index in [0.717, 1.165) is 18.5 Å². The molecule has 1 aliphatic heterocycles. The minimum absolute atomic E-state index is 0.0567. The lowest BCUT2D eigenvalue weighted by atomic mass is 10.1. The minimum Gasteiger partial charge on any atom is -0.469 e. The van der Waals surface area contributed by atoms with Gasteiger partial charge in [0.15, 0.2) is 0 Å². The first-order valence-electron chi connectivity index (χ1n) is 6.59. The second-order valence-electron chi connectivity index (χ2n) is 5.00. The van der Waals surface area contributed by atoms with Crippen molar-refractivity contribution in [3.63, 3.8) is 0 Å². The van der Waals surface area contributed by atoms with Crippen LogP contribution in [0.2, 0.25) is 0 Å². The highest BCUT2D eigenvalue weighted by atomic mass is 16.6. The molecule has 8 heteroatoms. The predicted molar refractivity (Wildman–Crippen MR) is 76.3 cm³/mol. The number of hydrazine groups is 1. The van der Waals surface area contributed by atoms with Gasteiger partial charge in [0.05, 0.1) is 18.0 Å². The first-order valence-corrected chi connectivity index (χ1v) is 6.59. The number of ether oxygens (including phenoxy) is 1. The highest BCUT2D eigenvalue weighted by Crippen LogP contribution is 2.26. The molecule has 1 aliphatic rings. The summed E-state index contributed by atoms with van der Waals surface area (Å²) in [6, 6.07) is 4.87. The second-order valence-corrected chi connectivity index (χ2v) is 5.00. The number of likely N-dealkylation sites (tertiary alicyclic amines) is 1. The number of rotatable bonds is 5. The average molecular weight is 294 g/mol. The maximum Gasteiger partial charge on any atom is 0.310 e. The zero-order chi connectivity index (χ0) is 15.4. The van der Waals surface area contributed by atoms with Crippen LogP contribution in [0.15, 0.2) is 18.2 Å². The Kier molecular flexibility index (Phi) is 4.71. The summed E-state index contributed by atoms with van der Waals surface area (Å²) < 4.78 is 4.74. The number of nitrogens with zero attached hydrogens (tertiary/aromatic N) is 2. The zero-order valence-corrected chi connectivity index (χ0v) is 11.7. The molecule has 1 atom stereocenters. The SMILES string of the molecule is COC(=O)C1CCN(Cc2ccc(NN)c([N+](=O)[O-])c2)C1. The molecule has 0 amide bonds. The van der Waals surface area contributed by atoms with Crippen molar-refractivity contribution in [3.8, 4) is 0 Å². The number of hydrogen-bond acceptors (Lipinski definition) is 7. The number of nitrogens with two attached hydrogens (primary N) is 1. The van der Waals surface area contributed by atoms with Gasteiger partial charge >= 0.3 is 5.97 Å². The number of esters is 1. The number of methoxy groups -OCH3 is 1. The van der Waals surface area contributed by atoms with Gasteiger partial charge in [-0.25, -0.2) is 0 Å². The van der Waals surface area contributed by atoms with Crippen molar-refractivity contribution in [2.75, 3.05) is 25.6 Å². The van der Waals surface area contributed by atoms with Crippen molar-refractivity contribution in [2.24, 2.45) is 11.8 Å². The fourth-order valence-electron chi connectivity index (χ4n) is 2.54. The zero-order valence-electron chi connectivity index (χ0n) is 11.7. The van der Waals surface area contributed by atoms with E-state index >= 15 is 0 Å². The summed E-state index contributed by atoms with van der Waals surface area (Å²) in [6.45, 7) is 1.93. The van der Waals surface area contributed by atoms with Crippen LogP contribution >= 0.6 is 0 Å². The predicted octanol–water partition coefficient (Wildman–Crippen LogP) is 0.875. The Hall–Kier alpha value is -2.19. The summed E-state index contributed by atoms with van der Waals surface area (Å²) in [5.74, 6) is 4.93. The Morgan fingerprint density at radius 1 is 1.62 bits per heavy atom. The molecular weight excluding hydrogens is 276 g/mol. The van der Waals surface area contributed by atoms with Crippen LogP contribution in [0, 0.1) is 16.0 Å². The van der Waals surface area contributed by atoms with Gasteiger partial charge in [-0.1, -0.05) is 6.07 Å². The van der Waals surface area contributed by atoms with E-state index in [2.05, 4.69) is 10.3 Å². The summed E-state index contributed by atoms with van der Waals surface area (Å²) in [5, 5.41) is 11.0. The van der Waals surface area contributed by atoms with E-state index in [4.69, 9.17) is 10.6 Å². The average Bonchev–Trinajstić information content (AvgIpc) is 2.94. The van der Waals surface area contributed by atoms with Crippen LogP contribution in [0.5, 0.6) is 0 Å². The molecule has 0 aliphatic carbocycles. The van der Waals surface area contributed by atoms with Crippen LogP contribution < -0.4 is 11.3 Å². The van der Waals surface area contributed by atoms with Crippen molar-refractivity contribution in [1.82, 2.24) is 4.90 Å². The van der Waals surface area contributed by atoms with Gasteiger partial charge in [0, 0.05) is 19.2 Å². The summed E-state index contributed by atoms with van der Waals surface area (Å²) >= 11 is 0. The van der Waals surface area contributed by atoms with Crippen molar-refractivity contribution in [2.45, 2.75) is 13.0 Å². The molecule has 1 unspecified atom stereocenters. The Bertz CT molecular complexity index is 549. The highest BCUT2D eigenvalue weighted by molar-refractivity contribution is 5.72. The van der Waals surface area contributed by atoms with Gasteiger partial charge in [-0.15, -0.1) is 0 Å². The van der Waals surface area contributed by atoms with Crippen LogP contribution in [0.25, 0.3) is 0 Å². The van der Waals surface area contributed by atoms with E-state index in [-0.39, 0.29) is 23.3 Å². The van der Waals surface area contributed by atoms with E-state index < -0.39 is 4.92 Å². The van der Waals surface area contributed by atoms with Crippen LogP contribution in [0.1, 0.15) is 12.0 Å². The molecule has 2 rings (SSSR count). The molecule has 8 nitrogen and oxygen atoms in total. The monoisotopic (exact) mass is 294 g/mol. The van der Waals surface area contributed by atoms with E-state index in [1.165, 1.54) is 13.2 Å². The number of carbonyl (C=O) groups is 1. The lowest BCUT2D eigenvalue weighted by Crippen LogP contribution is -2.23. The first-order chi connectivity index (χ1) is 10.0. The molecule has 1 aromatic carbocycles. The smallest absolute Gasteiger partial charge is 0.310 e. The van der Waals surface area contributed by atoms with E-state index in [1.54, 1.807) is 12.1 Å². The first kappa shape index (κ1) is 15.2. The summed E-state index contributed by atoms with van der Waals surface area (Å²) in [6.07, 6.45) is 0.747. The van der Waals surface area contributed by atoms with Gasteiger partial charge in [-0.05, 0) is 24.6 Å². The van der Waals surface area contributed by atoms with Gasteiger partial charge in [-0.3, -0.25) is 25.7 Å². The summed E-state index contributed by atoms with van der Waals surface area (Å²) in [5.41, 5.74) is 3.34. The van der Waals surface area contributed by atoms with Gasteiger partial charge in [0.1, 0.15) is 5.69 Å². The molecule has 21 heavy (non-hydrogen) atoms. The quantitative estimate of drug-likeness (QED) is 0.359. The van der Waals surface area contributed by atoms with Gasteiger partial charge in [0.2, 0.25) is 0 Å². The topological polar surface area (TPSA) is 111 Å². The number of nitro groups is 1. The van der Waals surface area contributed by atoms with Crippen molar-refractivity contribution >= 4 is 17.3 Å². The van der Waals surface area contributed by atoms with Crippen molar-refractivity contribution < 1.29 is 14.5 Å². The summed E-state index contributed by atoms with van der Waals surface area (Å²) in [4.78, 5) is 24.1. The molecule has 0 aromatic heterocycles. The lowest BCUT2D eigenvalue weighted by molar-refractivity contribution is -0.384. The molecule has 0 saturated carbocycles. The fraction of sp³-hybridized carbons (Fsp3) is 0.462. The molecule has 1 saturated heterocycles. The maximum atomic E-state index is 11.5. The number of nitro benzene ring substituents is 1. The van der Waals surface area contributed by atoms with Gasteiger partial charge in [-0.2, -0.15) is 0 Å². The minimum atomic E-state index is -0.472. The van der Waals surface area contributed by atoms with Gasteiger partial charge in [0.25, 0.3) is 5.69 Å². The number of anilines is 1. The number of hydrogen-bond donors (Lipinski definition) is 2. The Morgan fingerprint density at radius 2 is 2.38 bits per heavy atom. The Balaban J connectivity index is 2.06. The molecular formula is C13H18N4O4. The number of nitrogens with one attached hydrogen (secondary N) is 1. The fourth-order valence-corrected chi connectivity index (χ4v) is 2.54. The largest absolute Gasteiger partial charge is 0.469 e. The number of benzene rings is 1. The number of nitrogen functional groups attached to an aromatic ring is 1. The second kappa shape index (κ2) is 6.51. The highest BCUT2D eigenvalue weighted by Gasteiger charge is 2.29. The molecule has 1 fully saturated rings. The Labute approximate surface area is 122 Å². The van der Waals surface area contributed by atoms with Crippen molar-refractivity contribution in [1.29, 1.82) is 0 Å². The van der Waals surface area contributed by atoms with Crippen LogP contribution in [0.4, 0.5) is 11.4 Å². The van der Waals surface area contributed by atoms with Crippen LogP contribution in [-0.2, 0) is 16.1 Å². The molecule has 0 bridgehead atoms. The third-order valence-corrected chi connectivity index (χ3v) is 3.63. The number of carbonyl (C=O) groups excluding carboxylic acids is 1. The van der Waals surface area contributed by atoms with E-state index in [1.807, 2.05) is 0 Å². The molecule has 0 radical (unpaired) electrons. The molecule has 0 spiro atoms. The maximum absolute atomic E-state index is 11.5. The summed E-state index contributed by atoms with van der Waals surface area (Å²) in [7, 11) is 1.38. The molecule has 1 heterocycles. The lowest BCUT2D eigenvalue weighted by Gasteiger charge is -2.15. The standard InChI is InChI=1S/C13H18N4O4/c1-21-13(18)10-4-5-16(8-10)7-9-2-3-11(15-14)12(6-9)17(19)20/h2-3,6,10,15H,4-5,7-8,14H2,1H3. The van der Waals surface area contributed by atoms with E-state index in [0.29, 0.717) is 13.1 Å². The normalized spacial score (nSPS) is 18.5. The van der Waals surface area contributed by atoms with Crippen LogP contribution in [0.3, 0.4) is 0 Å². The van der Waals surface area contributed by atoms with Gasteiger partial charge < -0.3 is 10.2 Å². The van der Waals surface area contributed by atoms with Crippen molar-refractivity contribution in [3.05, 3.63) is 33.9 Å². The molecule has 1 aromatic rings. The third-order valence-electron chi connectivity index (χ3n) is 3.63. The molecule has 114 valence electrons. The van der Waals surface area contributed by atoms with E-state index in [9.17, 15) is 14.9 Å².